The number of amides is 1. The van der Waals surface area contributed by atoms with Crippen LogP contribution in [0.25, 0.3) is 0 Å². The van der Waals surface area contributed by atoms with Gasteiger partial charge in [0.25, 0.3) is 5.91 Å². The van der Waals surface area contributed by atoms with Gasteiger partial charge < -0.3 is 14.7 Å². The highest BCUT2D eigenvalue weighted by molar-refractivity contribution is 7.98. The molecular formula is C24H18F3N3O4S. The predicted molar refractivity (Wildman–Crippen MR) is 120 cm³/mol. The minimum Gasteiger partial charge on any atom is -0.502 e. The number of carbonyl (C=O) groups is 1. The van der Waals surface area contributed by atoms with Crippen LogP contribution in [0, 0.1) is 17.5 Å². The van der Waals surface area contributed by atoms with E-state index in [4.69, 9.17) is 4.74 Å². The second-order valence-corrected chi connectivity index (χ2v) is 9.45. The Hall–Kier alpha value is -3.44. The fourth-order valence-corrected chi connectivity index (χ4v) is 6.15. The van der Waals surface area contributed by atoms with Crippen LogP contribution in [0.2, 0.25) is 0 Å². The summed E-state index contributed by atoms with van der Waals surface area (Å²) in [6.45, 7) is 0.444. The Morgan fingerprint density at radius 3 is 2.71 bits per heavy atom. The number of hydrogen-bond donors (Lipinski definition) is 1. The molecule has 0 saturated carbocycles. The number of rotatable bonds is 1. The summed E-state index contributed by atoms with van der Waals surface area (Å²) in [7, 11) is 0. The molecule has 1 N–H and O–H groups in total. The lowest BCUT2D eigenvalue weighted by Gasteiger charge is -2.51. The third-order valence-electron chi connectivity index (χ3n) is 6.61. The maximum atomic E-state index is 15.5. The number of hydrogen-bond acceptors (Lipinski definition) is 6. The number of fused-ring (bicyclic) bond motifs is 4. The standard InChI is InChI=1S/C24H18F3N3O4S/c25-14-9-15(26)20(27)13-11-35-17-4-2-1-3-12(17)21(19(13)14)30-18-10-34-8-7-28(18)24(33)22-23(32)16(31)5-6-29(22)30/h1-6,9,18,21,32H,7-8,10-11H2. The van der Waals surface area contributed by atoms with Gasteiger partial charge in [-0.3, -0.25) is 19.3 Å². The zero-order chi connectivity index (χ0) is 24.4. The lowest BCUT2D eigenvalue weighted by Crippen LogP contribution is -2.66. The highest BCUT2D eigenvalue weighted by atomic mass is 32.2. The number of nitrogens with zero attached hydrogens (tertiary/aromatic N) is 3. The first kappa shape index (κ1) is 22.1. The van der Waals surface area contributed by atoms with E-state index in [1.165, 1.54) is 27.5 Å². The average molecular weight is 501 g/mol. The Labute approximate surface area is 201 Å². The molecule has 2 atom stereocenters. The number of aromatic hydroxyl groups is 1. The SMILES string of the molecule is O=C1c2c(O)c(=O)ccn2N(C2c3ccccc3SCc3c(F)c(F)cc(F)c32)C2COCCN12. The first-order valence-corrected chi connectivity index (χ1v) is 11.9. The van der Waals surface area contributed by atoms with Crippen molar-refractivity contribution in [2.45, 2.75) is 22.9 Å². The minimum absolute atomic E-state index is 0.0106. The summed E-state index contributed by atoms with van der Waals surface area (Å²) in [6, 6.07) is 7.69. The first-order chi connectivity index (χ1) is 16.9. The Morgan fingerprint density at radius 2 is 1.89 bits per heavy atom. The van der Waals surface area contributed by atoms with Gasteiger partial charge in [0.1, 0.15) is 18.0 Å². The number of carbonyl (C=O) groups excluding carboxylic acids is 1. The molecule has 35 heavy (non-hydrogen) atoms. The number of thioether (sulfide) groups is 1. The zero-order valence-corrected chi connectivity index (χ0v) is 18.9. The van der Waals surface area contributed by atoms with Crippen LogP contribution >= 0.6 is 11.8 Å². The normalized spacial score (nSPS) is 21.1. The molecule has 0 aliphatic carbocycles. The van der Waals surface area contributed by atoms with Crippen LogP contribution in [0.4, 0.5) is 13.2 Å². The third kappa shape index (κ3) is 3.18. The van der Waals surface area contributed by atoms with Gasteiger partial charge in [-0.1, -0.05) is 18.2 Å². The maximum Gasteiger partial charge on any atom is 0.278 e. The van der Waals surface area contributed by atoms with Crippen molar-refractivity contribution in [1.29, 1.82) is 0 Å². The molecule has 7 nitrogen and oxygen atoms in total. The second kappa shape index (κ2) is 8.06. The lowest BCUT2D eigenvalue weighted by molar-refractivity contribution is -0.0198. The van der Waals surface area contributed by atoms with Gasteiger partial charge >= 0.3 is 0 Å². The molecule has 180 valence electrons. The van der Waals surface area contributed by atoms with Gasteiger partial charge in [0.05, 0.1) is 13.2 Å². The number of pyridine rings is 1. The molecule has 0 bridgehead atoms. The second-order valence-electron chi connectivity index (χ2n) is 8.43. The summed E-state index contributed by atoms with van der Waals surface area (Å²) in [5.41, 5.74) is -0.626. The molecule has 1 fully saturated rings. The molecule has 3 aromatic rings. The van der Waals surface area contributed by atoms with Crippen molar-refractivity contribution in [3.05, 3.63) is 92.7 Å². The number of ether oxygens (including phenoxy) is 1. The molecule has 3 aliphatic rings. The Morgan fingerprint density at radius 1 is 1.09 bits per heavy atom. The van der Waals surface area contributed by atoms with Crippen molar-refractivity contribution in [2.24, 2.45) is 0 Å². The number of halogens is 3. The average Bonchev–Trinajstić information content (AvgIpc) is 3.03. The van der Waals surface area contributed by atoms with E-state index < -0.39 is 46.7 Å². The van der Waals surface area contributed by atoms with Crippen LogP contribution < -0.4 is 10.4 Å². The zero-order valence-electron chi connectivity index (χ0n) is 18.1. The monoisotopic (exact) mass is 501 g/mol. The van der Waals surface area contributed by atoms with Crippen LogP contribution in [0.5, 0.6) is 5.75 Å². The van der Waals surface area contributed by atoms with E-state index in [9.17, 15) is 19.1 Å². The molecule has 2 unspecified atom stereocenters. The number of aromatic nitrogens is 1. The van der Waals surface area contributed by atoms with Crippen LogP contribution in [-0.2, 0) is 10.5 Å². The molecule has 0 spiro atoms. The molecular weight excluding hydrogens is 483 g/mol. The van der Waals surface area contributed by atoms with Crippen molar-refractivity contribution >= 4 is 17.7 Å². The van der Waals surface area contributed by atoms with Crippen LogP contribution in [0.3, 0.4) is 0 Å². The summed E-state index contributed by atoms with van der Waals surface area (Å²) >= 11 is 1.25. The Balaban J connectivity index is 1.70. The molecule has 0 radical (unpaired) electrons. The highest BCUT2D eigenvalue weighted by Crippen LogP contribution is 2.46. The van der Waals surface area contributed by atoms with Gasteiger partial charge in [0.2, 0.25) is 5.43 Å². The number of benzene rings is 2. The summed E-state index contributed by atoms with van der Waals surface area (Å²) < 4.78 is 51.8. The Bertz CT molecular complexity index is 1450. The van der Waals surface area contributed by atoms with Crippen molar-refractivity contribution in [3.8, 4) is 5.75 Å². The summed E-state index contributed by atoms with van der Waals surface area (Å²) in [5, 5.41) is 12.2. The molecule has 11 heteroatoms. The van der Waals surface area contributed by atoms with Crippen LogP contribution in [0.15, 0.2) is 52.3 Å². The van der Waals surface area contributed by atoms with Crippen molar-refractivity contribution in [2.75, 3.05) is 24.8 Å². The molecule has 2 aromatic carbocycles. The molecule has 1 saturated heterocycles. The molecule has 1 aromatic heterocycles. The fourth-order valence-electron chi connectivity index (χ4n) is 5.05. The predicted octanol–water partition coefficient (Wildman–Crippen LogP) is 3.12. The Kier molecular flexibility index (Phi) is 5.08. The van der Waals surface area contributed by atoms with Gasteiger partial charge in [0.15, 0.2) is 23.1 Å². The molecule has 3 aliphatic heterocycles. The van der Waals surface area contributed by atoms with Gasteiger partial charge in [0, 0.05) is 46.6 Å². The van der Waals surface area contributed by atoms with E-state index in [2.05, 4.69) is 0 Å². The van der Waals surface area contributed by atoms with E-state index in [-0.39, 0.29) is 42.3 Å². The first-order valence-electron chi connectivity index (χ1n) is 10.9. The lowest BCUT2D eigenvalue weighted by atomic mass is 9.92. The highest BCUT2D eigenvalue weighted by Gasteiger charge is 2.46. The van der Waals surface area contributed by atoms with E-state index in [1.54, 1.807) is 29.3 Å². The maximum absolute atomic E-state index is 15.5. The van der Waals surface area contributed by atoms with Crippen LogP contribution in [-0.4, -0.2) is 46.5 Å². The van der Waals surface area contributed by atoms with E-state index in [1.807, 2.05) is 0 Å². The van der Waals surface area contributed by atoms with Crippen molar-refractivity contribution < 1.29 is 27.8 Å². The van der Waals surface area contributed by atoms with Crippen LogP contribution in [0.1, 0.15) is 33.2 Å². The summed E-state index contributed by atoms with van der Waals surface area (Å²) in [4.78, 5) is 27.7. The largest absolute Gasteiger partial charge is 0.502 e. The van der Waals surface area contributed by atoms with Crippen molar-refractivity contribution in [1.82, 2.24) is 9.58 Å². The third-order valence-corrected chi connectivity index (χ3v) is 7.72. The number of morpholine rings is 1. The smallest absolute Gasteiger partial charge is 0.278 e. The van der Waals surface area contributed by atoms with Gasteiger partial charge in [-0.25, -0.2) is 13.2 Å². The van der Waals surface area contributed by atoms with E-state index in [0.717, 1.165) is 11.0 Å². The quantitative estimate of drug-likeness (QED) is 0.517. The fraction of sp³-hybridized carbons (Fsp3) is 0.250. The topological polar surface area (TPSA) is 75.0 Å². The van der Waals surface area contributed by atoms with Crippen molar-refractivity contribution in [3.63, 3.8) is 0 Å². The molecule has 6 rings (SSSR count). The summed E-state index contributed by atoms with van der Waals surface area (Å²) in [5.74, 6) is -4.69. The van der Waals surface area contributed by atoms with E-state index >= 15 is 8.78 Å². The van der Waals surface area contributed by atoms with E-state index in [0.29, 0.717) is 11.6 Å². The summed E-state index contributed by atoms with van der Waals surface area (Å²) in [6.07, 6.45) is 0.548. The van der Waals surface area contributed by atoms with Gasteiger partial charge in [-0.15, -0.1) is 11.8 Å². The molecule has 4 heterocycles. The van der Waals surface area contributed by atoms with Gasteiger partial charge in [-0.05, 0) is 11.6 Å². The molecule has 1 amide bonds. The minimum atomic E-state index is -1.29. The van der Waals surface area contributed by atoms with Gasteiger partial charge in [-0.2, -0.15) is 0 Å².